The van der Waals surface area contributed by atoms with Crippen molar-refractivity contribution in [2.75, 3.05) is 13.2 Å². The van der Waals surface area contributed by atoms with Crippen LogP contribution in [0.3, 0.4) is 0 Å². The van der Waals surface area contributed by atoms with E-state index in [4.69, 9.17) is 15.2 Å². The zero-order valence-corrected chi connectivity index (χ0v) is 11.1. The molecule has 1 aliphatic heterocycles. The molecule has 2 N–H and O–H groups in total. The molecule has 2 atom stereocenters. The normalized spacial score (nSPS) is 31.1. The summed E-state index contributed by atoms with van der Waals surface area (Å²) in [5, 5.41) is 0. The minimum Gasteiger partial charge on any atom is -0.347 e. The Morgan fingerprint density at radius 2 is 2.11 bits per heavy atom. The van der Waals surface area contributed by atoms with Gasteiger partial charge in [-0.2, -0.15) is 0 Å². The van der Waals surface area contributed by atoms with Crippen molar-refractivity contribution in [3.8, 4) is 0 Å². The van der Waals surface area contributed by atoms with Gasteiger partial charge >= 0.3 is 0 Å². The first-order valence-corrected chi connectivity index (χ1v) is 6.65. The van der Waals surface area contributed by atoms with Crippen molar-refractivity contribution >= 4 is 0 Å². The van der Waals surface area contributed by atoms with Crippen LogP contribution in [-0.4, -0.2) is 34.6 Å². The second-order valence-corrected chi connectivity index (χ2v) is 5.40. The average Bonchev–Trinajstić information content (AvgIpc) is 2.93. The summed E-state index contributed by atoms with van der Waals surface area (Å²) in [7, 11) is 0. The van der Waals surface area contributed by atoms with Crippen molar-refractivity contribution < 1.29 is 9.47 Å². The Balaban J connectivity index is 1.87. The van der Waals surface area contributed by atoms with E-state index in [2.05, 4.69) is 16.5 Å². The lowest BCUT2D eigenvalue weighted by Crippen LogP contribution is -2.46. The van der Waals surface area contributed by atoms with Crippen LogP contribution in [0.25, 0.3) is 0 Å². The molecule has 0 bridgehead atoms. The first-order chi connectivity index (χ1) is 8.61. The minimum atomic E-state index is -0.398. The SMILES string of the molecule is Cc1ncn(C2CC3(CCC2N)OCCO3)c1C. The van der Waals surface area contributed by atoms with Crippen molar-refractivity contribution in [1.82, 2.24) is 9.55 Å². The molecule has 1 saturated heterocycles. The second kappa shape index (κ2) is 4.33. The first kappa shape index (κ1) is 12.1. The molecule has 18 heavy (non-hydrogen) atoms. The van der Waals surface area contributed by atoms with Crippen molar-refractivity contribution in [2.45, 2.75) is 51.0 Å². The number of rotatable bonds is 1. The van der Waals surface area contributed by atoms with E-state index in [0.717, 1.165) is 25.0 Å². The molecular formula is C13H21N3O2. The zero-order chi connectivity index (χ0) is 12.8. The Morgan fingerprint density at radius 1 is 1.39 bits per heavy atom. The van der Waals surface area contributed by atoms with Crippen LogP contribution in [0.2, 0.25) is 0 Å². The van der Waals surface area contributed by atoms with Gasteiger partial charge in [0, 0.05) is 24.6 Å². The van der Waals surface area contributed by atoms with Gasteiger partial charge in [-0.3, -0.25) is 0 Å². The van der Waals surface area contributed by atoms with Gasteiger partial charge in [0.15, 0.2) is 5.79 Å². The predicted molar refractivity (Wildman–Crippen MR) is 67.2 cm³/mol. The number of ether oxygens (including phenoxy) is 2. The number of nitrogens with zero attached hydrogens (tertiary/aromatic N) is 2. The molecule has 5 heteroatoms. The van der Waals surface area contributed by atoms with Crippen molar-refractivity contribution in [3.05, 3.63) is 17.7 Å². The smallest absolute Gasteiger partial charge is 0.170 e. The Kier molecular flexibility index (Phi) is 2.92. The summed E-state index contributed by atoms with van der Waals surface area (Å²) in [6.45, 7) is 5.51. The third kappa shape index (κ3) is 1.86. The Morgan fingerprint density at radius 3 is 2.72 bits per heavy atom. The van der Waals surface area contributed by atoms with E-state index < -0.39 is 5.79 Å². The van der Waals surface area contributed by atoms with Gasteiger partial charge in [0.2, 0.25) is 0 Å². The van der Waals surface area contributed by atoms with Crippen LogP contribution in [-0.2, 0) is 9.47 Å². The molecule has 5 nitrogen and oxygen atoms in total. The molecule has 0 radical (unpaired) electrons. The van der Waals surface area contributed by atoms with Crippen molar-refractivity contribution in [2.24, 2.45) is 5.73 Å². The zero-order valence-electron chi connectivity index (χ0n) is 11.1. The molecule has 1 saturated carbocycles. The van der Waals surface area contributed by atoms with Crippen LogP contribution in [0.5, 0.6) is 0 Å². The quantitative estimate of drug-likeness (QED) is 0.817. The Bertz CT molecular complexity index is 437. The van der Waals surface area contributed by atoms with Gasteiger partial charge in [0.25, 0.3) is 0 Å². The van der Waals surface area contributed by atoms with E-state index in [9.17, 15) is 0 Å². The lowest BCUT2D eigenvalue weighted by atomic mass is 9.86. The number of imidazole rings is 1. The highest BCUT2D eigenvalue weighted by Gasteiger charge is 2.45. The van der Waals surface area contributed by atoms with Crippen LogP contribution in [0.4, 0.5) is 0 Å². The van der Waals surface area contributed by atoms with E-state index in [-0.39, 0.29) is 12.1 Å². The van der Waals surface area contributed by atoms with Gasteiger partial charge in [-0.15, -0.1) is 0 Å². The van der Waals surface area contributed by atoms with Crippen LogP contribution in [0.1, 0.15) is 36.7 Å². The van der Waals surface area contributed by atoms with E-state index in [1.165, 1.54) is 5.69 Å². The van der Waals surface area contributed by atoms with Gasteiger partial charge in [-0.05, 0) is 20.3 Å². The van der Waals surface area contributed by atoms with E-state index in [1.54, 1.807) is 0 Å². The van der Waals surface area contributed by atoms with Crippen molar-refractivity contribution in [3.63, 3.8) is 0 Å². The molecular weight excluding hydrogens is 230 g/mol. The molecule has 2 fully saturated rings. The third-order valence-corrected chi connectivity index (χ3v) is 4.33. The molecule has 2 aliphatic rings. The molecule has 3 rings (SSSR count). The van der Waals surface area contributed by atoms with Gasteiger partial charge < -0.3 is 19.8 Å². The number of hydrogen-bond donors (Lipinski definition) is 1. The minimum absolute atomic E-state index is 0.149. The lowest BCUT2D eigenvalue weighted by molar-refractivity contribution is -0.187. The average molecular weight is 251 g/mol. The van der Waals surface area contributed by atoms with Crippen LogP contribution >= 0.6 is 0 Å². The number of aryl methyl sites for hydroxylation is 1. The summed E-state index contributed by atoms with van der Waals surface area (Å²) in [6.07, 6.45) is 4.55. The molecule has 0 aromatic carbocycles. The molecule has 2 unspecified atom stereocenters. The van der Waals surface area contributed by atoms with E-state index in [0.29, 0.717) is 13.2 Å². The fourth-order valence-electron chi connectivity index (χ4n) is 3.06. The molecule has 1 aromatic heterocycles. The fraction of sp³-hybridized carbons (Fsp3) is 0.769. The summed E-state index contributed by atoms with van der Waals surface area (Å²) in [5.41, 5.74) is 8.53. The topological polar surface area (TPSA) is 62.3 Å². The highest BCUT2D eigenvalue weighted by molar-refractivity contribution is 5.11. The predicted octanol–water partition coefficient (Wildman–Crippen LogP) is 1.30. The van der Waals surface area contributed by atoms with Gasteiger partial charge in [0.05, 0.1) is 31.3 Å². The molecule has 1 aliphatic carbocycles. The maximum atomic E-state index is 6.28. The molecule has 100 valence electrons. The summed E-state index contributed by atoms with van der Waals surface area (Å²) in [5.74, 6) is -0.398. The monoisotopic (exact) mass is 251 g/mol. The third-order valence-electron chi connectivity index (χ3n) is 4.33. The first-order valence-electron chi connectivity index (χ1n) is 6.65. The van der Waals surface area contributed by atoms with Gasteiger partial charge in [0.1, 0.15) is 0 Å². The largest absolute Gasteiger partial charge is 0.347 e. The van der Waals surface area contributed by atoms with Crippen molar-refractivity contribution in [1.29, 1.82) is 0 Å². The molecule has 2 heterocycles. The highest BCUT2D eigenvalue weighted by atomic mass is 16.7. The highest BCUT2D eigenvalue weighted by Crippen LogP contribution is 2.40. The van der Waals surface area contributed by atoms with Crippen LogP contribution in [0.15, 0.2) is 6.33 Å². The van der Waals surface area contributed by atoms with Crippen LogP contribution in [0, 0.1) is 13.8 Å². The summed E-state index contributed by atoms with van der Waals surface area (Å²) in [6, 6.07) is 0.369. The fourth-order valence-corrected chi connectivity index (χ4v) is 3.06. The summed E-state index contributed by atoms with van der Waals surface area (Å²) >= 11 is 0. The summed E-state index contributed by atoms with van der Waals surface area (Å²) in [4.78, 5) is 4.37. The maximum Gasteiger partial charge on any atom is 0.170 e. The maximum absolute atomic E-state index is 6.28. The van der Waals surface area contributed by atoms with Gasteiger partial charge in [-0.25, -0.2) is 4.98 Å². The lowest BCUT2D eigenvalue weighted by Gasteiger charge is -2.40. The Labute approximate surface area is 107 Å². The van der Waals surface area contributed by atoms with Crippen LogP contribution < -0.4 is 5.73 Å². The van der Waals surface area contributed by atoms with E-state index in [1.807, 2.05) is 13.3 Å². The number of nitrogens with two attached hydrogens (primary N) is 1. The van der Waals surface area contributed by atoms with Gasteiger partial charge in [-0.1, -0.05) is 0 Å². The second-order valence-electron chi connectivity index (χ2n) is 5.40. The molecule has 1 aromatic rings. The molecule has 1 spiro atoms. The Hall–Kier alpha value is -0.910. The molecule has 0 amide bonds. The van der Waals surface area contributed by atoms with E-state index >= 15 is 0 Å². The summed E-state index contributed by atoms with van der Waals surface area (Å²) < 4.78 is 13.8. The standard InChI is InChI=1S/C13H21N3O2/c1-9-10(2)16(8-15-9)12-7-13(4-3-11(12)14)17-5-6-18-13/h8,11-12H,3-7,14H2,1-2H3. The number of aromatic nitrogens is 2. The number of hydrogen-bond acceptors (Lipinski definition) is 4.